The largest absolute Gasteiger partial charge is 0.354 e. The van der Waals surface area contributed by atoms with Gasteiger partial charge in [-0.15, -0.1) is 12.4 Å². The molecule has 1 rings (SSSR count). The maximum Gasteiger partial charge on any atom is 0.223 e. The van der Waals surface area contributed by atoms with E-state index >= 15 is 0 Å². The highest BCUT2D eigenvalue weighted by atomic mass is 35.5. The van der Waals surface area contributed by atoms with E-state index in [-0.39, 0.29) is 29.8 Å². The predicted octanol–water partition coefficient (Wildman–Crippen LogP) is 2.62. The zero-order chi connectivity index (χ0) is 12.0. The molecule has 0 aliphatic heterocycles. The van der Waals surface area contributed by atoms with E-state index in [0.29, 0.717) is 6.54 Å². The number of hydrogen-bond donors (Lipinski definition) is 2. The van der Waals surface area contributed by atoms with Gasteiger partial charge in [-0.2, -0.15) is 0 Å². The molecule has 0 unspecified atom stereocenters. The molecular formula is C13H27ClN2O. The van der Waals surface area contributed by atoms with E-state index in [1.54, 1.807) is 0 Å². The highest BCUT2D eigenvalue weighted by molar-refractivity contribution is 5.85. The van der Waals surface area contributed by atoms with Crippen molar-refractivity contribution in [1.29, 1.82) is 0 Å². The highest BCUT2D eigenvalue weighted by Gasteiger charge is 2.25. The smallest absolute Gasteiger partial charge is 0.223 e. The quantitative estimate of drug-likeness (QED) is 0.800. The molecule has 1 saturated carbocycles. The number of nitrogens with one attached hydrogen (secondary N) is 1. The van der Waals surface area contributed by atoms with E-state index in [1.807, 2.05) is 0 Å². The second kappa shape index (κ2) is 7.93. The summed E-state index contributed by atoms with van der Waals surface area (Å²) in [4.78, 5) is 11.9. The average Bonchev–Trinajstić information content (AvgIpc) is 2.36. The molecule has 4 heteroatoms. The van der Waals surface area contributed by atoms with Crippen molar-refractivity contribution in [1.82, 2.24) is 5.32 Å². The molecular weight excluding hydrogens is 236 g/mol. The fourth-order valence-corrected chi connectivity index (χ4v) is 2.27. The molecule has 0 spiro atoms. The molecule has 1 fully saturated rings. The fraction of sp³-hybridized carbons (Fsp3) is 0.923. The SMILES string of the molecule is CCC(N)(CC)CNC(=O)C1CCCCC1.Cl. The van der Waals surface area contributed by atoms with Gasteiger partial charge in [0.05, 0.1) is 0 Å². The number of halogens is 1. The first kappa shape index (κ1) is 16.7. The van der Waals surface area contributed by atoms with Gasteiger partial charge in [0, 0.05) is 18.0 Å². The van der Waals surface area contributed by atoms with Gasteiger partial charge in [0.1, 0.15) is 0 Å². The van der Waals surface area contributed by atoms with Gasteiger partial charge < -0.3 is 11.1 Å². The first-order valence-electron chi connectivity index (χ1n) is 6.68. The van der Waals surface area contributed by atoms with Gasteiger partial charge in [0.2, 0.25) is 5.91 Å². The van der Waals surface area contributed by atoms with Gasteiger partial charge in [-0.3, -0.25) is 4.79 Å². The predicted molar refractivity (Wildman–Crippen MR) is 74.3 cm³/mol. The summed E-state index contributed by atoms with van der Waals surface area (Å²) in [5.41, 5.74) is 5.94. The Kier molecular flexibility index (Phi) is 7.80. The molecule has 0 aromatic carbocycles. The summed E-state index contributed by atoms with van der Waals surface area (Å²) in [6, 6.07) is 0. The maximum absolute atomic E-state index is 11.9. The second-order valence-electron chi connectivity index (χ2n) is 5.12. The van der Waals surface area contributed by atoms with Crippen molar-refractivity contribution >= 4 is 18.3 Å². The molecule has 102 valence electrons. The summed E-state index contributed by atoms with van der Waals surface area (Å²) in [5, 5.41) is 3.03. The number of carbonyl (C=O) groups excluding carboxylic acids is 1. The van der Waals surface area contributed by atoms with Crippen LogP contribution in [0.25, 0.3) is 0 Å². The molecule has 1 aliphatic rings. The van der Waals surface area contributed by atoms with Crippen molar-refractivity contribution in [3.63, 3.8) is 0 Å². The molecule has 0 atom stereocenters. The van der Waals surface area contributed by atoms with E-state index in [4.69, 9.17) is 5.73 Å². The number of nitrogens with two attached hydrogens (primary N) is 1. The summed E-state index contributed by atoms with van der Waals surface area (Å²) < 4.78 is 0. The number of carbonyl (C=O) groups is 1. The fourth-order valence-electron chi connectivity index (χ4n) is 2.27. The van der Waals surface area contributed by atoms with E-state index in [1.165, 1.54) is 19.3 Å². The summed E-state index contributed by atoms with van der Waals surface area (Å²) in [7, 11) is 0. The second-order valence-corrected chi connectivity index (χ2v) is 5.12. The topological polar surface area (TPSA) is 55.1 Å². The van der Waals surface area contributed by atoms with Crippen molar-refractivity contribution in [2.75, 3.05) is 6.54 Å². The third-order valence-electron chi connectivity index (χ3n) is 4.00. The van der Waals surface area contributed by atoms with Crippen LogP contribution in [0.5, 0.6) is 0 Å². The third-order valence-corrected chi connectivity index (χ3v) is 4.00. The van der Waals surface area contributed by atoms with Gasteiger partial charge in [-0.1, -0.05) is 33.1 Å². The van der Waals surface area contributed by atoms with Crippen molar-refractivity contribution in [3.05, 3.63) is 0 Å². The van der Waals surface area contributed by atoms with Crippen LogP contribution in [0.4, 0.5) is 0 Å². The Morgan fingerprint density at radius 2 is 1.76 bits per heavy atom. The summed E-state index contributed by atoms with van der Waals surface area (Å²) in [6.07, 6.45) is 7.63. The summed E-state index contributed by atoms with van der Waals surface area (Å²) >= 11 is 0. The Morgan fingerprint density at radius 3 is 2.24 bits per heavy atom. The van der Waals surface area contributed by atoms with Crippen LogP contribution in [-0.2, 0) is 4.79 Å². The molecule has 1 amide bonds. The highest BCUT2D eigenvalue weighted by Crippen LogP contribution is 2.23. The maximum atomic E-state index is 11.9. The lowest BCUT2D eigenvalue weighted by atomic mass is 9.88. The molecule has 0 heterocycles. The Morgan fingerprint density at radius 1 is 1.24 bits per heavy atom. The minimum Gasteiger partial charge on any atom is -0.354 e. The standard InChI is InChI=1S/C13H26N2O.ClH/c1-3-13(14,4-2)10-15-12(16)11-8-6-5-7-9-11;/h11H,3-10,14H2,1-2H3,(H,15,16);1H. The lowest BCUT2D eigenvalue weighted by molar-refractivity contribution is -0.126. The van der Waals surface area contributed by atoms with Crippen molar-refractivity contribution in [2.24, 2.45) is 11.7 Å². The first-order chi connectivity index (χ1) is 7.61. The van der Waals surface area contributed by atoms with Crippen LogP contribution in [0.3, 0.4) is 0 Å². The van der Waals surface area contributed by atoms with Gasteiger partial charge >= 0.3 is 0 Å². The third kappa shape index (κ3) is 5.26. The molecule has 0 aromatic heterocycles. The lowest BCUT2D eigenvalue weighted by Crippen LogP contribution is -2.50. The van der Waals surface area contributed by atoms with E-state index < -0.39 is 0 Å². The van der Waals surface area contributed by atoms with Crippen LogP contribution in [0.1, 0.15) is 58.8 Å². The molecule has 0 bridgehead atoms. The normalized spacial score (nSPS) is 17.4. The Hall–Kier alpha value is -0.280. The van der Waals surface area contributed by atoms with Crippen LogP contribution < -0.4 is 11.1 Å². The number of hydrogen-bond acceptors (Lipinski definition) is 2. The molecule has 0 aromatic rings. The Bertz CT molecular complexity index is 223. The van der Waals surface area contributed by atoms with Crippen molar-refractivity contribution < 1.29 is 4.79 Å². The zero-order valence-corrected chi connectivity index (χ0v) is 11.9. The number of rotatable bonds is 5. The van der Waals surface area contributed by atoms with E-state index in [2.05, 4.69) is 19.2 Å². The minimum absolute atomic E-state index is 0. The molecule has 1 aliphatic carbocycles. The first-order valence-corrected chi connectivity index (χ1v) is 6.68. The van der Waals surface area contributed by atoms with Crippen LogP contribution in [0, 0.1) is 5.92 Å². The van der Waals surface area contributed by atoms with Crippen LogP contribution in [0.2, 0.25) is 0 Å². The average molecular weight is 263 g/mol. The van der Waals surface area contributed by atoms with Gasteiger partial charge in [0.15, 0.2) is 0 Å². The Labute approximate surface area is 111 Å². The molecule has 0 saturated heterocycles. The summed E-state index contributed by atoms with van der Waals surface area (Å²) in [6.45, 7) is 4.78. The van der Waals surface area contributed by atoms with Crippen molar-refractivity contribution in [2.45, 2.75) is 64.3 Å². The lowest BCUT2D eigenvalue weighted by Gasteiger charge is -2.28. The number of amides is 1. The van der Waals surface area contributed by atoms with Crippen molar-refractivity contribution in [3.8, 4) is 0 Å². The molecule has 17 heavy (non-hydrogen) atoms. The van der Waals surface area contributed by atoms with Gasteiger partial charge in [-0.25, -0.2) is 0 Å². The van der Waals surface area contributed by atoms with Crippen LogP contribution in [-0.4, -0.2) is 18.0 Å². The monoisotopic (exact) mass is 262 g/mol. The molecule has 3 N–H and O–H groups in total. The molecule has 3 nitrogen and oxygen atoms in total. The van der Waals surface area contributed by atoms with E-state index in [0.717, 1.165) is 25.7 Å². The van der Waals surface area contributed by atoms with E-state index in [9.17, 15) is 4.79 Å². The summed E-state index contributed by atoms with van der Waals surface area (Å²) in [5.74, 6) is 0.461. The minimum atomic E-state index is -0.218. The Balaban J connectivity index is 0.00000256. The van der Waals surface area contributed by atoms with Crippen LogP contribution in [0.15, 0.2) is 0 Å². The molecule has 0 radical (unpaired) electrons. The van der Waals surface area contributed by atoms with Crippen LogP contribution >= 0.6 is 12.4 Å². The zero-order valence-electron chi connectivity index (χ0n) is 11.1. The van der Waals surface area contributed by atoms with Gasteiger partial charge in [-0.05, 0) is 25.7 Å². The van der Waals surface area contributed by atoms with Gasteiger partial charge in [0.25, 0.3) is 0 Å².